The molecule has 1 heterocycles. The number of benzene rings is 1. The highest BCUT2D eigenvalue weighted by Crippen LogP contribution is 2.28. The minimum absolute atomic E-state index is 0.390. The van der Waals surface area contributed by atoms with Crippen LogP contribution >= 0.6 is 31.9 Å². The Morgan fingerprint density at radius 1 is 1.18 bits per heavy atom. The highest BCUT2D eigenvalue weighted by Gasteiger charge is 2.02. The molecule has 2 aromatic rings. The second kappa shape index (κ2) is 5.30. The Morgan fingerprint density at radius 2 is 2.00 bits per heavy atom. The fourth-order valence-corrected chi connectivity index (χ4v) is 2.00. The third-order valence-electron chi connectivity index (χ3n) is 2.05. The maximum atomic E-state index is 8.77. The minimum Gasteiger partial charge on any atom is -0.339 e. The number of nitriles is 1. The number of pyridine rings is 1. The predicted octanol–water partition coefficient (Wildman–Crippen LogP) is 4.22. The normalized spacial score (nSPS) is 9.71. The molecule has 0 unspecified atom stereocenters. The van der Waals surface area contributed by atoms with E-state index < -0.39 is 0 Å². The molecule has 2 rings (SSSR count). The summed E-state index contributed by atoms with van der Waals surface area (Å²) in [4.78, 5) is 4.15. The molecule has 0 aliphatic carbocycles. The summed E-state index contributed by atoms with van der Waals surface area (Å²) >= 11 is 6.85. The summed E-state index contributed by atoms with van der Waals surface area (Å²) in [6.45, 7) is 0. The Bertz CT molecular complexity index is 591. The predicted molar refractivity (Wildman–Crippen MR) is 74.1 cm³/mol. The van der Waals surface area contributed by atoms with Crippen molar-refractivity contribution in [3.63, 3.8) is 0 Å². The molecule has 1 aromatic heterocycles. The Balaban J connectivity index is 2.31. The van der Waals surface area contributed by atoms with Crippen LogP contribution in [0, 0.1) is 11.3 Å². The first-order valence-corrected chi connectivity index (χ1v) is 6.37. The second-order valence-corrected chi connectivity index (χ2v) is 5.04. The van der Waals surface area contributed by atoms with Crippen LogP contribution < -0.4 is 5.32 Å². The first-order valence-electron chi connectivity index (χ1n) is 4.78. The van der Waals surface area contributed by atoms with Crippen LogP contribution in [0.2, 0.25) is 0 Å². The molecule has 5 heteroatoms. The van der Waals surface area contributed by atoms with Gasteiger partial charge < -0.3 is 5.32 Å². The molecular formula is C12H7Br2N3. The second-order valence-electron chi connectivity index (χ2n) is 3.27. The summed E-state index contributed by atoms with van der Waals surface area (Å²) in [6.07, 6.45) is 0. The lowest BCUT2D eigenvalue weighted by atomic mass is 10.3. The average Bonchev–Trinajstić information content (AvgIpc) is 2.34. The number of rotatable bonds is 2. The summed E-state index contributed by atoms with van der Waals surface area (Å²) in [6, 6.07) is 13.1. The van der Waals surface area contributed by atoms with Gasteiger partial charge in [-0.25, -0.2) is 4.98 Å². The van der Waals surface area contributed by atoms with E-state index in [1.54, 1.807) is 12.1 Å². The van der Waals surface area contributed by atoms with Crippen LogP contribution in [-0.2, 0) is 0 Å². The van der Waals surface area contributed by atoms with Gasteiger partial charge in [0.1, 0.15) is 17.6 Å². The number of nitrogens with one attached hydrogen (secondary N) is 1. The summed E-state index contributed by atoms with van der Waals surface area (Å²) in [5.74, 6) is 0.642. The van der Waals surface area contributed by atoms with E-state index in [0.717, 1.165) is 14.6 Å². The number of halogens is 2. The van der Waals surface area contributed by atoms with Gasteiger partial charge in [-0.3, -0.25) is 0 Å². The molecule has 0 aliphatic rings. The van der Waals surface area contributed by atoms with Crippen LogP contribution in [-0.4, -0.2) is 4.98 Å². The summed E-state index contributed by atoms with van der Waals surface area (Å²) in [7, 11) is 0. The van der Waals surface area contributed by atoms with E-state index in [4.69, 9.17) is 5.26 Å². The van der Waals surface area contributed by atoms with E-state index in [2.05, 4.69) is 42.2 Å². The van der Waals surface area contributed by atoms with Crippen molar-refractivity contribution in [3.8, 4) is 6.07 Å². The van der Waals surface area contributed by atoms with Gasteiger partial charge in [0.2, 0.25) is 0 Å². The SMILES string of the molecule is N#Cc1cccc(Nc2cc(Br)ccc2Br)n1. The van der Waals surface area contributed by atoms with Gasteiger partial charge in [0.15, 0.2) is 0 Å². The molecule has 0 saturated heterocycles. The average molecular weight is 353 g/mol. The maximum absolute atomic E-state index is 8.77. The van der Waals surface area contributed by atoms with Crippen molar-refractivity contribution in [2.75, 3.05) is 5.32 Å². The van der Waals surface area contributed by atoms with Gasteiger partial charge in [-0.2, -0.15) is 5.26 Å². The third-order valence-corrected chi connectivity index (χ3v) is 3.24. The first kappa shape index (κ1) is 12.1. The van der Waals surface area contributed by atoms with E-state index in [1.807, 2.05) is 30.3 Å². The molecule has 0 atom stereocenters. The highest BCUT2D eigenvalue weighted by atomic mass is 79.9. The van der Waals surface area contributed by atoms with Gasteiger partial charge in [0.25, 0.3) is 0 Å². The Kier molecular flexibility index (Phi) is 3.77. The van der Waals surface area contributed by atoms with E-state index >= 15 is 0 Å². The first-order chi connectivity index (χ1) is 8.19. The van der Waals surface area contributed by atoms with Crippen molar-refractivity contribution < 1.29 is 0 Å². The molecular weight excluding hydrogens is 346 g/mol. The standard InChI is InChI=1S/C12H7Br2N3/c13-8-4-5-10(14)11(6-8)17-12-3-1-2-9(7-15)16-12/h1-6H,(H,16,17). The van der Waals surface area contributed by atoms with Crippen LogP contribution in [0.5, 0.6) is 0 Å². The van der Waals surface area contributed by atoms with Gasteiger partial charge in [0, 0.05) is 8.95 Å². The quantitative estimate of drug-likeness (QED) is 0.880. The molecule has 84 valence electrons. The van der Waals surface area contributed by atoms with Gasteiger partial charge in [0.05, 0.1) is 5.69 Å². The van der Waals surface area contributed by atoms with Crippen LogP contribution in [0.3, 0.4) is 0 Å². The van der Waals surface area contributed by atoms with Crippen molar-refractivity contribution in [3.05, 3.63) is 51.0 Å². The van der Waals surface area contributed by atoms with Gasteiger partial charge in [-0.1, -0.05) is 22.0 Å². The van der Waals surface area contributed by atoms with Gasteiger partial charge in [-0.05, 0) is 46.3 Å². The van der Waals surface area contributed by atoms with Crippen LogP contribution in [0.4, 0.5) is 11.5 Å². The van der Waals surface area contributed by atoms with Crippen LogP contribution in [0.15, 0.2) is 45.3 Å². The fraction of sp³-hybridized carbons (Fsp3) is 0. The summed E-state index contributed by atoms with van der Waals surface area (Å²) in [5.41, 5.74) is 1.28. The largest absolute Gasteiger partial charge is 0.339 e. The van der Waals surface area contributed by atoms with Gasteiger partial charge in [-0.15, -0.1) is 0 Å². The summed E-state index contributed by atoms with van der Waals surface area (Å²) < 4.78 is 1.91. The number of anilines is 2. The molecule has 0 spiro atoms. The molecule has 0 aliphatic heterocycles. The lowest BCUT2D eigenvalue weighted by Gasteiger charge is -2.08. The van der Waals surface area contributed by atoms with E-state index in [0.29, 0.717) is 11.5 Å². The number of hydrogen-bond acceptors (Lipinski definition) is 3. The third kappa shape index (κ3) is 3.05. The topological polar surface area (TPSA) is 48.7 Å². The summed E-state index contributed by atoms with van der Waals surface area (Å²) in [5, 5.41) is 11.9. The van der Waals surface area contributed by atoms with Crippen molar-refractivity contribution in [2.24, 2.45) is 0 Å². The monoisotopic (exact) mass is 351 g/mol. The molecule has 0 amide bonds. The molecule has 0 radical (unpaired) electrons. The Hall–Kier alpha value is -1.38. The lowest BCUT2D eigenvalue weighted by Crippen LogP contribution is -1.95. The molecule has 1 aromatic carbocycles. The molecule has 0 bridgehead atoms. The van der Waals surface area contributed by atoms with Crippen molar-refractivity contribution in [1.29, 1.82) is 5.26 Å². The van der Waals surface area contributed by atoms with Crippen molar-refractivity contribution in [2.45, 2.75) is 0 Å². The highest BCUT2D eigenvalue weighted by molar-refractivity contribution is 9.11. The Morgan fingerprint density at radius 3 is 2.76 bits per heavy atom. The van der Waals surface area contributed by atoms with Crippen molar-refractivity contribution in [1.82, 2.24) is 4.98 Å². The van der Waals surface area contributed by atoms with E-state index in [-0.39, 0.29) is 0 Å². The molecule has 0 saturated carbocycles. The smallest absolute Gasteiger partial charge is 0.142 e. The molecule has 3 nitrogen and oxygen atoms in total. The molecule has 17 heavy (non-hydrogen) atoms. The zero-order chi connectivity index (χ0) is 12.3. The lowest BCUT2D eigenvalue weighted by molar-refractivity contribution is 1.25. The fourth-order valence-electron chi connectivity index (χ4n) is 1.30. The zero-order valence-electron chi connectivity index (χ0n) is 8.61. The zero-order valence-corrected chi connectivity index (χ0v) is 11.8. The van der Waals surface area contributed by atoms with E-state index in [9.17, 15) is 0 Å². The minimum atomic E-state index is 0.390. The number of aromatic nitrogens is 1. The van der Waals surface area contributed by atoms with Crippen LogP contribution in [0.1, 0.15) is 5.69 Å². The maximum Gasteiger partial charge on any atom is 0.142 e. The number of hydrogen-bond donors (Lipinski definition) is 1. The van der Waals surface area contributed by atoms with Gasteiger partial charge >= 0.3 is 0 Å². The number of nitrogens with zero attached hydrogens (tertiary/aromatic N) is 2. The molecule has 1 N–H and O–H groups in total. The van der Waals surface area contributed by atoms with Crippen molar-refractivity contribution >= 4 is 43.4 Å². The van der Waals surface area contributed by atoms with Crippen LogP contribution in [0.25, 0.3) is 0 Å². The Labute approximate surface area is 116 Å². The van der Waals surface area contributed by atoms with E-state index in [1.165, 1.54) is 0 Å². The molecule has 0 fully saturated rings.